The first-order valence-corrected chi connectivity index (χ1v) is 12.9. The van der Waals surface area contributed by atoms with E-state index in [-0.39, 0.29) is 24.4 Å². The summed E-state index contributed by atoms with van der Waals surface area (Å²) in [5.74, 6) is 0.579. The number of carbonyl (C=O) groups excluding carboxylic acids is 2. The summed E-state index contributed by atoms with van der Waals surface area (Å²) in [5, 5.41) is 12.9. The normalized spacial score (nSPS) is 14.1. The number of benzene rings is 4. The second kappa shape index (κ2) is 11.8. The number of hydrogen-bond acceptors (Lipinski definition) is 7. The highest BCUT2D eigenvalue weighted by Crippen LogP contribution is 2.32. The lowest BCUT2D eigenvalue weighted by molar-refractivity contribution is 0.0472. The van der Waals surface area contributed by atoms with Gasteiger partial charge >= 0.3 is 5.97 Å². The van der Waals surface area contributed by atoms with Crippen LogP contribution in [0.1, 0.15) is 31.8 Å². The maximum Gasteiger partial charge on any atom is 0.338 e. The van der Waals surface area contributed by atoms with Crippen molar-refractivity contribution >= 4 is 23.3 Å². The third-order valence-corrected chi connectivity index (χ3v) is 6.46. The zero-order valence-electron chi connectivity index (χ0n) is 22.3. The fraction of sp³-hybridized carbons (Fsp3) is 0.188. The SMILES string of the molecule is Cc1cccc(C(=O)OCc2cc(O)cc(NC(=O)c3ccc(OC[C@@H]4CN(C)c5ccccc5O4)cc3)c2)c1. The van der Waals surface area contributed by atoms with E-state index in [0.29, 0.717) is 41.3 Å². The van der Waals surface area contributed by atoms with Gasteiger partial charge in [0.25, 0.3) is 5.91 Å². The van der Waals surface area contributed by atoms with Gasteiger partial charge in [0.2, 0.25) is 0 Å². The average molecular weight is 539 g/mol. The number of nitrogens with zero attached hydrogens (tertiary/aromatic N) is 1. The van der Waals surface area contributed by atoms with Gasteiger partial charge in [-0.15, -0.1) is 0 Å². The highest BCUT2D eigenvalue weighted by atomic mass is 16.5. The largest absolute Gasteiger partial charge is 0.508 e. The number of likely N-dealkylation sites (N-methyl/N-ethyl adjacent to an activating group) is 1. The van der Waals surface area contributed by atoms with Gasteiger partial charge in [-0.1, -0.05) is 29.8 Å². The molecule has 8 nitrogen and oxygen atoms in total. The molecule has 0 saturated carbocycles. The van der Waals surface area contributed by atoms with Gasteiger partial charge in [-0.05, 0) is 73.2 Å². The number of para-hydroxylation sites is 2. The van der Waals surface area contributed by atoms with Crippen molar-refractivity contribution in [2.45, 2.75) is 19.6 Å². The minimum absolute atomic E-state index is 0.0534. The maximum absolute atomic E-state index is 12.8. The van der Waals surface area contributed by atoms with Gasteiger partial charge in [-0.3, -0.25) is 4.79 Å². The minimum atomic E-state index is -0.466. The van der Waals surface area contributed by atoms with Crippen LogP contribution in [0.3, 0.4) is 0 Å². The Labute approximate surface area is 232 Å². The van der Waals surface area contributed by atoms with Crippen molar-refractivity contribution in [1.29, 1.82) is 0 Å². The molecule has 2 N–H and O–H groups in total. The highest BCUT2D eigenvalue weighted by Gasteiger charge is 2.23. The summed E-state index contributed by atoms with van der Waals surface area (Å²) in [4.78, 5) is 27.3. The molecule has 4 aromatic rings. The van der Waals surface area contributed by atoms with Crippen LogP contribution in [0.15, 0.2) is 91.0 Å². The summed E-state index contributed by atoms with van der Waals surface area (Å²) < 4.78 is 17.4. The zero-order valence-corrected chi connectivity index (χ0v) is 22.3. The summed E-state index contributed by atoms with van der Waals surface area (Å²) in [5.41, 5.74) is 3.80. The van der Waals surface area contributed by atoms with Crippen LogP contribution in [0.2, 0.25) is 0 Å². The highest BCUT2D eigenvalue weighted by molar-refractivity contribution is 6.04. The van der Waals surface area contributed by atoms with Crippen molar-refractivity contribution in [2.24, 2.45) is 0 Å². The number of rotatable bonds is 8. The van der Waals surface area contributed by atoms with E-state index >= 15 is 0 Å². The molecule has 1 atom stereocenters. The molecular formula is C32H30N2O6. The topological polar surface area (TPSA) is 97.3 Å². The number of aryl methyl sites for hydroxylation is 1. The van der Waals surface area contributed by atoms with E-state index < -0.39 is 5.97 Å². The Morgan fingerprint density at radius 1 is 0.975 bits per heavy atom. The number of phenolic OH excluding ortho intramolecular Hbond substituents is 1. The van der Waals surface area contributed by atoms with Gasteiger partial charge in [0.1, 0.15) is 36.6 Å². The second-order valence-corrected chi connectivity index (χ2v) is 9.71. The third kappa shape index (κ3) is 6.53. The minimum Gasteiger partial charge on any atom is -0.508 e. The molecule has 0 aliphatic carbocycles. The van der Waals surface area contributed by atoms with Crippen LogP contribution in [0.4, 0.5) is 11.4 Å². The molecule has 0 aromatic heterocycles. The van der Waals surface area contributed by atoms with Crippen LogP contribution in [0.5, 0.6) is 17.2 Å². The number of amides is 1. The molecule has 40 heavy (non-hydrogen) atoms. The van der Waals surface area contributed by atoms with Crippen LogP contribution in [0.25, 0.3) is 0 Å². The lowest BCUT2D eigenvalue weighted by Crippen LogP contribution is -2.41. The van der Waals surface area contributed by atoms with E-state index in [1.807, 2.05) is 44.3 Å². The van der Waals surface area contributed by atoms with Crippen LogP contribution in [0, 0.1) is 6.92 Å². The molecule has 0 bridgehead atoms. The number of carbonyl (C=O) groups is 2. The molecule has 0 unspecified atom stereocenters. The standard InChI is InChI=1S/C32H30N2O6/c1-21-6-5-7-24(14-21)32(37)39-19-22-15-25(17-26(35)16-22)33-31(36)23-10-12-27(13-11-23)38-20-28-18-34(2)29-8-3-4-9-30(29)40-28/h3-17,28,35H,18-20H2,1-2H3,(H,33,36)/t28-/m0/s1. The Morgan fingerprint density at radius 3 is 2.58 bits per heavy atom. The number of esters is 1. The van der Waals surface area contributed by atoms with E-state index in [2.05, 4.69) is 10.2 Å². The lowest BCUT2D eigenvalue weighted by atomic mass is 10.1. The number of fused-ring (bicyclic) bond motifs is 1. The van der Waals surface area contributed by atoms with Crippen LogP contribution < -0.4 is 19.7 Å². The lowest BCUT2D eigenvalue weighted by Gasteiger charge is -2.33. The van der Waals surface area contributed by atoms with Gasteiger partial charge in [-0.25, -0.2) is 4.79 Å². The summed E-state index contributed by atoms with van der Waals surface area (Å²) in [6.07, 6.45) is -0.126. The maximum atomic E-state index is 12.8. The van der Waals surface area contributed by atoms with Crippen molar-refractivity contribution in [3.8, 4) is 17.2 Å². The number of ether oxygens (including phenoxy) is 3. The number of anilines is 2. The Balaban J connectivity index is 1.15. The van der Waals surface area contributed by atoms with Gasteiger partial charge in [0.15, 0.2) is 0 Å². The fourth-order valence-electron chi connectivity index (χ4n) is 4.51. The molecule has 1 amide bonds. The van der Waals surface area contributed by atoms with E-state index in [1.165, 1.54) is 12.1 Å². The molecule has 8 heteroatoms. The second-order valence-electron chi connectivity index (χ2n) is 9.71. The smallest absolute Gasteiger partial charge is 0.338 e. The predicted octanol–water partition coefficient (Wildman–Crippen LogP) is 5.59. The zero-order chi connectivity index (χ0) is 28.1. The van der Waals surface area contributed by atoms with Crippen molar-refractivity contribution in [2.75, 3.05) is 30.4 Å². The third-order valence-electron chi connectivity index (χ3n) is 6.46. The van der Waals surface area contributed by atoms with Gasteiger partial charge in [-0.2, -0.15) is 0 Å². The molecule has 0 fully saturated rings. The summed E-state index contributed by atoms with van der Waals surface area (Å²) in [6.45, 7) is 2.91. The van der Waals surface area contributed by atoms with Gasteiger partial charge in [0, 0.05) is 24.4 Å². The molecule has 4 aromatic carbocycles. The van der Waals surface area contributed by atoms with Crippen molar-refractivity contribution < 1.29 is 28.9 Å². The molecule has 0 saturated heterocycles. The Hall–Kier alpha value is -4.98. The van der Waals surface area contributed by atoms with E-state index in [9.17, 15) is 14.7 Å². The van der Waals surface area contributed by atoms with E-state index in [4.69, 9.17) is 14.2 Å². The van der Waals surface area contributed by atoms with Gasteiger partial charge < -0.3 is 29.5 Å². The molecule has 0 spiro atoms. The Morgan fingerprint density at radius 2 is 1.77 bits per heavy atom. The monoisotopic (exact) mass is 538 g/mol. The first kappa shape index (κ1) is 26.6. The van der Waals surface area contributed by atoms with E-state index in [1.54, 1.807) is 48.5 Å². The Kier molecular flexibility index (Phi) is 7.87. The molecule has 1 aliphatic heterocycles. The predicted molar refractivity (Wildman–Crippen MR) is 152 cm³/mol. The number of aromatic hydroxyl groups is 1. The summed E-state index contributed by atoms with van der Waals surface area (Å²) in [7, 11) is 2.02. The van der Waals surface area contributed by atoms with Crippen LogP contribution >= 0.6 is 0 Å². The molecule has 0 radical (unpaired) electrons. The molecular weight excluding hydrogens is 508 g/mol. The quantitative estimate of drug-likeness (QED) is 0.283. The Bertz CT molecular complexity index is 1520. The molecule has 204 valence electrons. The van der Waals surface area contributed by atoms with E-state index in [0.717, 1.165) is 17.0 Å². The number of nitrogens with one attached hydrogen (secondary N) is 1. The number of phenols is 1. The first-order valence-electron chi connectivity index (χ1n) is 12.9. The average Bonchev–Trinajstić information content (AvgIpc) is 2.95. The van der Waals surface area contributed by atoms with Gasteiger partial charge in [0.05, 0.1) is 17.8 Å². The van der Waals surface area contributed by atoms with Crippen molar-refractivity contribution in [1.82, 2.24) is 0 Å². The molecule has 1 heterocycles. The van der Waals surface area contributed by atoms with Crippen LogP contribution in [-0.4, -0.2) is 43.3 Å². The van der Waals surface area contributed by atoms with Crippen LogP contribution in [-0.2, 0) is 11.3 Å². The molecule has 1 aliphatic rings. The number of hydrogen-bond donors (Lipinski definition) is 2. The van der Waals surface area contributed by atoms with Crippen molar-refractivity contribution in [3.05, 3.63) is 113 Å². The van der Waals surface area contributed by atoms with Crippen molar-refractivity contribution in [3.63, 3.8) is 0 Å². The fourth-order valence-corrected chi connectivity index (χ4v) is 4.51. The summed E-state index contributed by atoms with van der Waals surface area (Å²) in [6, 6.07) is 26.4. The molecule has 5 rings (SSSR count). The first-order chi connectivity index (χ1) is 19.3. The summed E-state index contributed by atoms with van der Waals surface area (Å²) >= 11 is 0.